The maximum atomic E-state index is 12.3. The lowest BCUT2D eigenvalue weighted by Crippen LogP contribution is -2.36. The third kappa shape index (κ3) is 4.88. The summed E-state index contributed by atoms with van der Waals surface area (Å²) in [5.74, 6) is 0.0416. The first kappa shape index (κ1) is 15.5. The molecule has 0 bridgehead atoms. The molecule has 1 aromatic carbocycles. The molecule has 1 fully saturated rings. The molecule has 0 spiro atoms. The second-order valence-corrected chi connectivity index (χ2v) is 5.02. The fourth-order valence-electron chi connectivity index (χ4n) is 2.41. The molecule has 1 aliphatic rings. The monoisotopic (exact) mass is 298 g/mol. The molecule has 1 amide bonds. The Bertz CT molecular complexity index is 461. The highest BCUT2D eigenvalue weighted by Gasteiger charge is 2.16. The molecule has 1 aliphatic heterocycles. The fourth-order valence-corrected chi connectivity index (χ4v) is 2.41. The van der Waals surface area contributed by atoms with Gasteiger partial charge in [-0.3, -0.25) is 4.79 Å². The number of anilines is 1. The first-order valence-electron chi connectivity index (χ1n) is 7.22. The molecule has 0 radical (unpaired) electrons. The Hall–Kier alpha value is -1.85. The Morgan fingerprint density at radius 2 is 1.86 bits per heavy atom. The van der Waals surface area contributed by atoms with E-state index in [4.69, 9.17) is 0 Å². The SMILES string of the molecule is O=C(CNc1ccccc1OC(F)F)N1CCCCCC1. The number of likely N-dealkylation sites (tertiary alicyclic amines) is 1. The van der Waals surface area contributed by atoms with E-state index in [-0.39, 0.29) is 18.2 Å². The summed E-state index contributed by atoms with van der Waals surface area (Å²) in [5, 5.41) is 2.89. The maximum absolute atomic E-state index is 12.3. The fraction of sp³-hybridized carbons (Fsp3) is 0.533. The Morgan fingerprint density at radius 1 is 1.19 bits per heavy atom. The minimum atomic E-state index is -2.88. The van der Waals surface area contributed by atoms with Crippen molar-refractivity contribution >= 4 is 11.6 Å². The van der Waals surface area contributed by atoms with E-state index in [0.717, 1.165) is 38.8 Å². The van der Waals surface area contributed by atoms with Gasteiger partial charge in [0.05, 0.1) is 12.2 Å². The highest BCUT2D eigenvalue weighted by molar-refractivity contribution is 5.81. The number of benzene rings is 1. The first-order valence-corrected chi connectivity index (χ1v) is 7.22. The molecular weight excluding hydrogens is 278 g/mol. The smallest absolute Gasteiger partial charge is 0.387 e. The van der Waals surface area contributed by atoms with Crippen LogP contribution in [0.25, 0.3) is 0 Å². The molecule has 2 rings (SSSR count). The van der Waals surface area contributed by atoms with E-state index in [1.165, 1.54) is 6.07 Å². The van der Waals surface area contributed by atoms with Gasteiger partial charge in [-0.2, -0.15) is 8.78 Å². The number of para-hydroxylation sites is 2. The van der Waals surface area contributed by atoms with E-state index in [9.17, 15) is 13.6 Å². The van der Waals surface area contributed by atoms with Crippen molar-refractivity contribution in [2.75, 3.05) is 25.0 Å². The van der Waals surface area contributed by atoms with E-state index in [1.807, 2.05) is 4.90 Å². The molecule has 6 heteroatoms. The van der Waals surface area contributed by atoms with Crippen molar-refractivity contribution in [3.05, 3.63) is 24.3 Å². The van der Waals surface area contributed by atoms with Crippen LogP contribution in [-0.2, 0) is 4.79 Å². The van der Waals surface area contributed by atoms with Crippen LogP contribution >= 0.6 is 0 Å². The number of nitrogens with zero attached hydrogens (tertiary/aromatic N) is 1. The predicted octanol–water partition coefficient (Wildman–Crippen LogP) is 3.10. The van der Waals surface area contributed by atoms with Gasteiger partial charge in [-0.1, -0.05) is 25.0 Å². The number of alkyl halides is 2. The van der Waals surface area contributed by atoms with E-state index in [2.05, 4.69) is 10.1 Å². The molecule has 0 unspecified atom stereocenters. The van der Waals surface area contributed by atoms with Gasteiger partial charge in [-0.25, -0.2) is 0 Å². The van der Waals surface area contributed by atoms with Crippen LogP contribution in [0.3, 0.4) is 0 Å². The van der Waals surface area contributed by atoms with Gasteiger partial charge in [-0.15, -0.1) is 0 Å². The van der Waals surface area contributed by atoms with Gasteiger partial charge in [0.25, 0.3) is 0 Å². The van der Waals surface area contributed by atoms with Crippen LogP contribution in [0, 0.1) is 0 Å². The van der Waals surface area contributed by atoms with E-state index >= 15 is 0 Å². The Labute approximate surface area is 123 Å². The maximum Gasteiger partial charge on any atom is 0.387 e. The summed E-state index contributed by atoms with van der Waals surface area (Å²) < 4.78 is 29.0. The number of carbonyl (C=O) groups is 1. The number of rotatable bonds is 5. The van der Waals surface area contributed by atoms with Crippen LogP contribution in [0.5, 0.6) is 5.75 Å². The number of hydrogen-bond acceptors (Lipinski definition) is 3. The zero-order valence-electron chi connectivity index (χ0n) is 11.9. The van der Waals surface area contributed by atoms with Crippen LogP contribution in [0.4, 0.5) is 14.5 Å². The predicted molar refractivity (Wildman–Crippen MR) is 76.6 cm³/mol. The normalized spacial score (nSPS) is 15.7. The summed E-state index contributed by atoms with van der Waals surface area (Å²) >= 11 is 0. The van der Waals surface area contributed by atoms with Crippen molar-refractivity contribution in [2.24, 2.45) is 0 Å². The molecule has 1 saturated heterocycles. The lowest BCUT2D eigenvalue weighted by atomic mass is 10.2. The van der Waals surface area contributed by atoms with Crippen molar-refractivity contribution < 1.29 is 18.3 Å². The summed E-state index contributed by atoms with van der Waals surface area (Å²) in [4.78, 5) is 14.0. The lowest BCUT2D eigenvalue weighted by molar-refractivity contribution is -0.129. The van der Waals surface area contributed by atoms with Gasteiger partial charge < -0.3 is 15.0 Å². The van der Waals surface area contributed by atoms with E-state index in [0.29, 0.717) is 5.69 Å². The summed E-state index contributed by atoms with van der Waals surface area (Å²) in [5.41, 5.74) is 0.404. The number of hydrogen-bond donors (Lipinski definition) is 1. The molecule has 4 nitrogen and oxygen atoms in total. The summed E-state index contributed by atoms with van der Waals surface area (Å²) in [6, 6.07) is 6.38. The largest absolute Gasteiger partial charge is 0.433 e. The van der Waals surface area contributed by atoms with Crippen LogP contribution in [0.1, 0.15) is 25.7 Å². The summed E-state index contributed by atoms with van der Waals surface area (Å²) in [6.07, 6.45) is 4.36. The third-order valence-corrected chi connectivity index (χ3v) is 3.49. The van der Waals surface area contributed by atoms with Crippen LogP contribution in [0.2, 0.25) is 0 Å². The van der Waals surface area contributed by atoms with Crippen LogP contribution in [0.15, 0.2) is 24.3 Å². The molecule has 116 valence electrons. The third-order valence-electron chi connectivity index (χ3n) is 3.49. The zero-order valence-corrected chi connectivity index (χ0v) is 11.9. The Balaban J connectivity index is 1.91. The number of amides is 1. The van der Waals surface area contributed by atoms with Gasteiger partial charge in [0.1, 0.15) is 5.75 Å². The molecule has 0 aromatic heterocycles. The standard InChI is InChI=1S/C15H20F2N2O2/c16-15(17)21-13-8-4-3-7-12(13)18-11-14(20)19-9-5-1-2-6-10-19/h3-4,7-8,15,18H,1-2,5-6,9-11H2. The van der Waals surface area contributed by atoms with Gasteiger partial charge in [0, 0.05) is 13.1 Å². The van der Waals surface area contributed by atoms with Crippen molar-refractivity contribution in [3.8, 4) is 5.75 Å². The molecule has 0 saturated carbocycles. The van der Waals surface area contributed by atoms with Gasteiger partial charge >= 0.3 is 6.61 Å². The van der Waals surface area contributed by atoms with Crippen LogP contribution in [-0.4, -0.2) is 37.1 Å². The molecule has 1 aromatic rings. The highest BCUT2D eigenvalue weighted by atomic mass is 19.3. The van der Waals surface area contributed by atoms with Crippen molar-refractivity contribution in [1.82, 2.24) is 4.90 Å². The Morgan fingerprint density at radius 3 is 2.52 bits per heavy atom. The summed E-state index contributed by atoms with van der Waals surface area (Å²) in [6.45, 7) is -1.25. The quantitative estimate of drug-likeness (QED) is 0.908. The topological polar surface area (TPSA) is 41.6 Å². The van der Waals surface area contributed by atoms with Crippen molar-refractivity contribution in [3.63, 3.8) is 0 Å². The number of ether oxygens (including phenoxy) is 1. The Kier molecular flexibility index (Phi) is 5.78. The highest BCUT2D eigenvalue weighted by Crippen LogP contribution is 2.25. The summed E-state index contributed by atoms with van der Waals surface area (Å²) in [7, 11) is 0. The van der Waals surface area contributed by atoms with Gasteiger partial charge in [0.2, 0.25) is 5.91 Å². The average Bonchev–Trinajstić information content (AvgIpc) is 2.74. The molecule has 21 heavy (non-hydrogen) atoms. The average molecular weight is 298 g/mol. The zero-order chi connectivity index (χ0) is 15.1. The molecule has 0 aliphatic carbocycles. The lowest BCUT2D eigenvalue weighted by Gasteiger charge is -2.21. The van der Waals surface area contributed by atoms with Crippen molar-refractivity contribution in [2.45, 2.75) is 32.3 Å². The second kappa shape index (κ2) is 7.81. The first-order chi connectivity index (χ1) is 10.2. The minimum Gasteiger partial charge on any atom is -0.433 e. The number of carbonyl (C=O) groups excluding carboxylic acids is 1. The molecule has 1 heterocycles. The van der Waals surface area contributed by atoms with Crippen LogP contribution < -0.4 is 10.1 Å². The van der Waals surface area contributed by atoms with Gasteiger partial charge in [-0.05, 0) is 25.0 Å². The molecular formula is C15H20F2N2O2. The molecule has 1 N–H and O–H groups in total. The minimum absolute atomic E-state index is 0.0104. The number of halogens is 2. The van der Waals surface area contributed by atoms with Gasteiger partial charge in [0.15, 0.2) is 0 Å². The van der Waals surface area contributed by atoms with Crippen molar-refractivity contribution in [1.29, 1.82) is 0 Å². The number of nitrogens with one attached hydrogen (secondary N) is 1. The molecule has 0 atom stereocenters. The van der Waals surface area contributed by atoms with E-state index < -0.39 is 6.61 Å². The second-order valence-electron chi connectivity index (χ2n) is 5.02. The van der Waals surface area contributed by atoms with E-state index in [1.54, 1.807) is 18.2 Å².